The van der Waals surface area contributed by atoms with E-state index >= 15 is 0 Å². The molecule has 0 saturated carbocycles. The van der Waals surface area contributed by atoms with Crippen molar-refractivity contribution in [1.82, 2.24) is 10.2 Å². The molecule has 3 aromatic rings. The van der Waals surface area contributed by atoms with Gasteiger partial charge in [0.2, 0.25) is 5.91 Å². The highest BCUT2D eigenvalue weighted by molar-refractivity contribution is 5.96. The molecule has 2 aliphatic heterocycles. The first-order valence-corrected chi connectivity index (χ1v) is 10.3. The fourth-order valence-corrected chi connectivity index (χ4v) is 4.09. The number of rotatable bonds is 4. The summed E-state index contributed by atoms with van der Waals surface area (Å²) in [5.41, 5.74) is 2.94. The molecule has 0 radical (unpaired) electrons. The number of fused-ring (bicyclic) bond motifs is 2. The van der Waals surface area contributed by atoms with E-state index in [1.807, 2.05) is 42.5 Å². The number of nitrogens with one attached hydrogen (secondary N) is 1. The molecule has 7 heteroatoms. The molecular weight excluding hydrogens is 396 g/mol. The number of carbonyl (C=O) groups excluding carboxylic acids is 2. The van der Waals surface area contributed by atoms with E-state index in [9.17, 15) is 9.59 Å². The summed E-state index contributed by atoms with van der Waals surface area (Å²) in [5.74, 6) is 1.04. The van der Waals surface area contributed by atoms with Gasteiger partial charge in [-0.15, -0.1) is 0 Å². The molecule has 1 aromatic heterocycles. The summed E-state index contributed by atoms with van der Waals surface area (Å²) in [6, 6.07) is 16.1. The van der Waals surface area contributed by atoms with Crippen molar-refractivity contribution in [1.29, 1.82) is 0 Å². The maximum absolute atomic E-state index is 13.2. The molecule has 2 aromatic carbocycles. The summed E-state index contributed by atoms with van der Waals surface area (Å²) in [7, 11) is 0. The Balaban J connectivity index is 1.37. The normalized spacial score (nSPS) is 17.0. The fourth-order valence-electron chi connectivity index (χ4n) is 4.09. The second-order valence-electron chi connectivity index (χ2n) is 7.56. The van der Waals surface area contributed by atoms with Gasteiger partial charge in [-0.1, -0.05) is 36.4 Å². The van der Waals surface area contributed by atoms with Crippen molar-refractivity contribution in [3.63, 3.8) is 0 Å². The third-order valence-corrected chi connectivity index (χ3v) is 5.64. The van der Waals surface area contributed by atoms with E-state index in [4.69, 9.17) is 13.9 Å². The fraction of sp³-hybridized carbons (Fsp3) is 0.250. The largest absolute Gasteiger partial charge is 0.486 e. The van der Waals surface area contributed by atoms with Crippen LogP contribution in [-0.4, -0.2) is 36.0 Å². The maximum atomic E-state index is 13.2. The van der Waals surface area contributed by atoms with E-state index in [0.29, 0.717) is 37.7 Å². The summed E-state index contributed by atoms with van der Waals surface area (Å²) >= 11 is 0. The van der Waals surface area contributed by atoms with Gasteiger partial charge in [-0.05, 0) is 29.3 Å². The Labute approximate surface area is 179 Å². The third-order valence-electron chi connectivity index (χ3n) is 5.64. The Kier molecular flexibility index (Phi) is 5.08. The smallest absolute Gasteiger partial charge is 0.290 e. The first-order valence-electron chi connectivity index (χ1n) is 10.3. The molecule has 31 heavy (non-hydrogen) atoms. The number of carbonyl (C=O) groups is 2. The molecule has 1 unspecified atom stereocenters. The van der Waals surface area contributed by atoms with Gasteiger partial charge >= 0.3 is 0 Å². The van der Waals surface area contributed by atoms with Crippen molar-refractivity contribution in [2.45, 2.75) is 25.6 Å². The standard InChI is InChI=1S/C24H22N2O5/c27-23(25-14-17-7-3-8-20-22(17)31-12-11-30-20)19-13-16-5-1-2-6-18(16)15-26(19)24(28)21-9-4-10-29-21/h1-10,19H,11-15H2,(H,25,27). The highest BCUT2D eigenvalue weighted by Crippen LogP contribution is 2.33. The van der Waals surface area contributed by atoms with Gasteiger partial charge in [0, 0.05) is 25.1 Å². The Morgan fingerprint density at radius 2 is 1.81 bits per heavy atom. The zero-order chi connectivity index (χ0) is 21.2. The molecule has 1 N–H and O–H groups in total. The lowest BCUT2D eigenvalue weighted by molar-refractivity contribution is -0.126. The van der Waals surface area contributed by atoms with Crippen LogP contribution in [0.4, 0.5) is 0 Å². The summed E-state index contributed by atoms with van der Waals surface area (Å²) in [5, 5.41) is 2.98. The Hall–Kier alpha value is -3.74. The van der Waals surface area contributed by atoms with Crippen molar-refractivity contribution in [2.75, 3.05) is 13.2 Å². The van der Waals surface area contributed by atoms with Crippen LogP contribution in [0, 0.1) is 0 Å². The lowest BCUT2D eigenvalue weighted by atomic mass is 9.93. The number of furan rings is 1. The minimum atomic E-state index is -0.635. The van der Waals surface area contributed by atoms with Gasteiger partial charge in [-0.3, -0.25) is 9.59 Å². The molecule has 2 aliphatic rings. The number of ether oxygens (including phenoxy) is 2. The minimum absolute atomic E-state index is 0.219. The predicted octanol–water partition coefficient (Wildman–Crippen LogP) is 2.93. The maximum Gasteiger partial charge on any atom is 0.290 e. The lowest BCUT2D eigenvalue weighted by Crippen LogP contribution is -2.52. The number of amides is 2. The average molecular weight is 418 g/mol. The number of nitrogens with zero attached hydrogens (tertiary/aromatic N) is 1. The van der Waals surface area contributed by atoms with Crippen molar-refractivity contribution < 1.29 is 23.5 Å². The van der Waals surface area contributed by atoms with Crippen LogP contribution < -0.4 is 14.8 Å². The zero-order valence-corrected chi connectivity index (χ0v) is 16.9. The zero-order valence-electron chi connectivity index (χ0n) is 16.9. The molecule has 158 valence electrons. The number of hydrogen-bond acceptors (Lipinski definition) is 5. The molecule has 5 rings (SSSR count). The van der Waals surface area contributed by atoms with E-state index in [2.05, 4.69) is 5.32 Å². The van der Waals surface area contributed by atoms with E-state index < -0.39 is 6.04 Å². The summed E-state index contributed by atoms with van der Waals surface area (Å²) < 4.78 is 16.7. The van der Waals surface area contributed by atoms with E-state index in [1.165, 1.54) is 6.26 Å². The summed E-state index contributed by atoms with van der Waals surface area (Å²) in [6.07, 6.45) is 1.90. The van der Waals surface area contributed by atoms with Crippen molar-refractivity contribution in [3.05, 3.63) is 83.3 Å². The van der Waals surface area contributed by atoms with Crippen molar-refractivity contribution in [2.24, 2.45) is 0 Å². The molecule has 0 aliphatic carbocycles. The predicted molar refractivity (Wildman–Crippen MR) is 112 cm³/mol. The van der Waals surface area contributed by atoms with Crippen LogP contribution in [0.2, 0.25) is 0 Å². The molecule has 0 spiro atoms. The van der Waals surface area contributed by atoms with Gasteiger partial charge in [-0.2, -0.15) is 0 Å². The number of benzene rings is 2. The van der Waals surface area contributed by atoms with Crippen LogP contribution in [0.3, 0.4) is 0 Å². The summed E-state index contributed by atoms with van der Waals surface area (Å²) in [6.45, 7) is 1.62. The Morgan fingerprint density at radius 3 is 2.65 bits per heavy atom. The second-order valence-corrected chi connectivity index (χ2v) is 7.56. The first kappa shape index (κ1) is 19.2. The number of hydrogen-bond donors (Lipinski definition) is 1. The third kappa shape index (κ3) is 3.74. The molecule has 7 nitrogen and oxygen atoms in total. The molecule has 1 atom stereocenters. The van der Waals surface area contributed by atoms with Crippen LogP contribution in [0.5, 0.6) is 11.5 Å². The van der Waals surface area contributed by atoms with Gasteiger partial charge in [0.25, 0.3) is 5.91 Å². The topological polar surface area (TPSA) is 81.0 Å². The molecule has 2 amide bonds. The van der Waals surface area contributed by atoms with Gasteiger partial charge < -0.3 is 24.1 Å². The van der Waals surface area contributed by atoms with Crippen LogP contribution in [0.25, 0.3) is 0 Å². The van der Waals surface area contributed by atoms with Gasteiger partial charge in [0.05, 0.1) is 6.26 Å². The minimum Gasteiger partial charge on any atom is -0.486 e. The Morgan fingerprint density at radius 1 is 0.968 bits per heavy atom. The second kappa shape index (κ2) is 8.18. The highest BCUT2D eigenvalue weighted by atomic mass is 16.6. The van der Waals surface area contributed by atoms with E-state index in [-0.39, 0.29) is 24.1 Å². The Bertz CT molecular complexity index is 1110. The molecule has 0 bridgehead atoms. The van der Waals surface area contributed by atoms with Gasteiger partial charge in [0.15, 0.2) is 17.3 Å². The molecule has 0 saturated heterocycles. The van der Waals surface area contributed by atoms with Crippen LogP contribution in [0.1, 0.15) is 27.2 Å². The SMILES string of the molecule is O=C(NCc1cccc2c1OCCO2)C1Cc2ccccc2CN1C(=O)c1ccco1. The average Bonchev–Trinajstić information content (AvgIpc) is 3.36. The molecule has 3 heterocycles. The van der Waals surface area contributed by atoms with Crippen LogP contribution in [0.15, 0.2) is 65.3 Å². The van der Waals surface area contributed by atoms with Crippen LogP contribution in [-0.2, 0) is 24.3 Å². The van der Waals surface area contributed by atoms with Gasteiger partial charge in [-0.25, -0.2) is 0 Å². The van der Waals surface area contributed by atoms with E-state index in [1.54, 1.807) is 17.0 Å². The molecule has 0 fully saturated rings. The van der Waals surface area contributed by atoms with E-state index in [0.717, 1.165) is 16.7 Å². The quantitative estimate of drug-likeness (QED) is 0.705. The number of para-hydroxylation sites is 1. The van der Waals surface area contributed by atoms with Crippen molar-refractivity contribution in [3.8, 4) is 11.5 Å². The highest BCUT2D eigenvalue weighted by Gasteiger charge is 2.36. The summed E-state index contributed by atoms with van der Waals surface area (Å²) in [4.78, 5) is 27.9. The van der Waals surface area contributed by atoms with Gasteiger partial charge in [0.1, 0.15) is 19.3 Å². The van der Waals surface area contributed by atoms with Crippen LogP contribution >= 0.6 is 0 Å². The first-order chi connectivity index (χ1) is 15.2. The van der Waals surface area contributed by atoms with Crippen molar-refractivity contribution >= 4 is 11.8 Å². The monoisotopic (exact) mass is 418 g/mol. The molecular formula is C24H22N2O5. The lowest BCUT2D eigenvalue weighted by Gasteiger charge is -2.35.